The van der Waals surface area contributed by atoms with Gasteiger partial charge in [-0.1, -0.05) is 11.6 Å². The van der Waals surface area contributed by atoms with E-state index in [4.69, 9.17) is 17.3 Å². The molecule has 1 aromatic carbocycles. The fourth-order valence-corrected chi connectivity index (χ4v) is 2.28. The maximum absolute atomic E-state index is 13.7. The molecule has 22 heavy (non-hydrogen) atoms. The maximum Gasteiger partial charge on any atom is 0.311 e. The summed E-state index contributed by atoms with van der Waals surface area (Å²) >= 11 is 5.43. The number of carbonyl (C=O) groups is 3. The van der Waals surface area contributed by atoms with Crippen molar-refractivity contribution in [2.75, 3.05) is 26.2 Å². The summed E-state index contributed by atoms with van der Waals surface area (Å²) in [6.45, 7) is 0.347. The number of halogens is 3. The van der Waals surface area contributed by atoms with Crippen LogP contribution >= 0.6 is 11.6 Å². The van der Waals surface area contributed by atoms with E-state index in [1.54, 1.807) is 0 Å². The summed E-state index contributed by atoms with van der Waals surface area (Å²) in [5.41, 5.74) is 4.45. The van der Waals surface area contributed by atoms with E-state index in [1.165, 1.54) is 9.80 Å². The molecule has 1 saturated heterocycles. The SMILES string of the molecule is NC(=O)C(=O)N1CCN(C(=O)c2cc(F)c(Cl)cc2F)CC1. The number of benzene rings is 1. The smallest absolute Gasteiger partial charge is 0.311 e. The van der Waals surface area contributed by atoms with E-state index in [0.29, 0.717) is 0 Å². The van der Waals surface area contributed by atoms with Gasteiger partial charge in [-0.05, 0) is 12.1 Å². The van der Waals surface area contributed by atoms with Gasteiger partial charge in [-0.25, -0.2) is 8.78 Å². The average molecular weight is 332 g/mol. The van der Waals surface area contributed by atoms with Crippen LogP contribution in [0.2, 0.25) is 5.02 Å². The zero-order valence-electron chi connectivity index (χ0n) is 11.3. The molecule has 1 heterocycles. The highest BCUT2D eigenvalue weighted by molar-refractivity contribution is 6.34. The summed E-state index contributed by atoms with van der Waals surface area (Å²) in [7, 11) is 0. The van der Waals surface area contributed by atoms with Crippen LogP contribution in [-0.2, 0) is 9.59 Å². The van der Waals surface area contributed by atoms with Crippen molar-refractivity contribution < 1.29 is 23.2 Å². The van der Waals surface area contributed by atoms with Crippen LogP contribution in [0.4, 0.5) is 8.78 Å². The second kappa shape index (κ2) is 6.27. The third kappa shape index (κ3) is 3.16. The summed E-state index contributed by atoms with van der Waals surface area (Å²) in [6, 6.07) is 1.47. The van der Waals surface area contributed by atoms with Gasteiger partial charge < -0.3 is 15.5 Å². The topological polar surface area (TPSA) is 83.7 Å². The molecule has 2 N–H and O–H groups in total. The van der Waals surface area contributed by atoms with Crippen molar-refractivity contribution in [2.24, 2.45) is 5.73 Å². The normalized spacial score (nSPS) is 14.9. The second-order valence-corrected chi connectivity index (χ2v) is 5.10. The van der Waals surface area contributed by atoms with E-state index < -0.39 is 39.9 Å². The molecule has 0 unspecified atom stereocenters. The molecule has 3 amide bonds. The predicted molar refractivity (Wildman–Crippen MR) is 73.0 cm³/mol. The number of carbonyl (C=O) groups excluding carboxylic acids is 3. The lowest BCUT2D eigenvalue weighted by molar-refractivity contribution is -0.145. The Morgan fingerprint density at radius 1 is 1.00 bits per heavy atom. The van der Waals surface area contributed by atoms with E-state index in [1.807, 2.05) is 0 Å². The molecule has 118 valence electrons. The Balaban J connectivity index is 2.09. The van der Waals surface area contributed by atoms with E-state index >= 15 is 0 Å². The molecule has 0 aromatic heterocycles. The Kier molecular flexibility index (Phi) is 4.60. The molecule has 0 spiro atoms. The fourth-order valence-electron chi connectivity index (χ4n) is 2.13. The highest BCUT2D eigenvalue weighted by Crippen LogP contribution is 2.21. The fraction of sp³-hybridized carbons (Fsp3) is 0.308. The molecule has 0 bridgehead atoms. The first-order valence-corrected chi connectivity index (χ1v) is 6.71. The number of nitrogens with two attached hydrogens (primary N) is 1. The zero-order valence-corrected chi connectivity index (χ0v) is 12.1. The minimum atomic E-state index is -1.08. The van der Waals surface area contributed by atoms with Gasteiger partial charge in [0, 0.05) is 26.2 Å². The van der Waals surface area contributed by atoms with Crippen molar-refractivity contribution in [3.05, 3.63) is 34.4 Å². The van der Waals surface area contributed by atoms with Crippen LogP contribution in [-0.4, -0.2) is 53.7 Å². The van der Waals surface area contributed by atoms with Gasteiger partial charge in [0.15, 0.2) is 0 Å². The predicted octanol–water partition coefficient (Wildman–Crippen LogP) is 0.388. The number of rotatable bonds is 1. The van der Waals surface area contributed by atoms with Crippen LogP contribution in [0.1, 0.15) is 10.4 Å². The number of amides is 3. The van der Waals surface area contributed by atoms with Crippen LogP contribution in [0.15, 0.2) is 12.1 Å². The van der Waals surface area contributed by atoms with Gasteiger partial charge in [-0.2, -0.15) is 0 Å². The summed E-state index contributed by atoms with van der Waals surface area (Å²) in [6.07, 6.45) is 0. The number of hydrogen-bond acceptors (Lipinski definition) is 3. The number of nitrogens with zero attached hydrogens (tertiary/aromatic N) is 2. The number of piperazine rings is 1. The second-order valence-electron chi connectivity index (χ2n) is 4.69. The molecular formula is C13H12ClF2N3O3. The van der Waals surface area contributed by atoms with Crippen LogP contribution < -0.4 is 5.73 Å². The average Bonchev–Trinajstić information content (AvgIpc) is 2.49. The molecule has 2 rings (SSSR count). The van der Waals surface area contributed by atoms with Gasteiger partial charge in [0.1, 0.15) is 11.6 Å². The Bertz CT molecular complexity index is 646. The van der Waals surface area contributed by atoms with Gasteiger partial charge in [0.25, 0.3) is 5.91 Å². The molecule has 0 radical (unpaired) electrons. The molecule has 1 aromatic rings. The first-order chi connectivity index (χ1) is 10.3. The third-order valence-corrected chi connectivity index (χ3v) is 3.59. The Hall–Kier alpha value is -2.22. The van der Waals surface area contributed by atoms with Crippen LogP contribution in [0.25, 0.3) is 0 Å². The van der Waals surface area contributed by atoms with Gasteiger partial charge in [-0.3, -0.25) is 14.4 Å². The van der Waals surface area contributed by atoms with E-state index in [9.17, 15) is 23.2 Å². The van der Waals surface area contributed by atoms with Crippen molar-refractivity contribution in [2.45, 2.75) is 0 Å². The van der Waals surface area contributed by atoms with Crippen LogP contribution in [0.3, 0.4) is 0 Å². The Morgan fingerprint density at radius 2 is 1.55 bits per heavy atom. The third-order valence-electron chi connectivity index (χ3n) is 3.31. The molecule has 1 aliphatic rings. The molecule has 6 nitrogen and oxygen atoms in total. The highest BCUT2D eigenvalue weighted by Gasteiger charge is 2.28. The van der Waals surface area contributed by atoms with Crippen molar-refractivity contribution in [1.82, 2.24) is 9.80 Å². The number of primary amides is 1. The van der Waals surface area contributed by atoms with Gasteiger partial charge in [0.2, 0.25) is 0 Å². The van der Waals surface area contributed by atoms with E-state index in [-0.39, 0.29) is 26.2 Å². The molecule has 0 aliphatic carbocycles. The molecule has 9 heteroatoms. The molecule has 0 atom stereocenters. The van der Waals surface area contributed by atoms with Gasteiger partial charge >= 0.3 is 11.8 Å². The first kappa shape index (κ1) is 16.2. The molecule has 1 aliphatic heterocycles. The van der Waals surface area contributed by atoms with Crippen molar-refractivity contribution >= 4 is 29.3 Å². The first-order valence-electron chi connectivity index (χ1n) is 6.33. The van der Waals surface area contributed by atoms with Crippen molar-refractivity contribution in [3.63, 3.8) is 0 Å². The lowest BCUT2D eigenvalue weighted by Crippen LogP contribution is -2.53. The Labute approximate surface area is 129 Å². The lowest BCUT2D eigenvalue weighted by Gasteiger charge is -2.34. The van der Waals surface area contributed by atoms with Crippen molar-refractivity contribution in [3.8, 4) is 0 Å². The molecule has 0 saturated carbocycles. The highest BCUT2D eigenvalue weighted by atomic mass is 35.5. The molecular weight excluding hydrogens is 320 g/mol. The minimum absolute atomic E-state index is 0.0849. The minimum Gasteiger partial charge on any atom is -0.361 e. The quantitative estimate of drug-likeness (QED) is 0.597. The summed E-state index contributed by atoms with van der Waals surface area (Å²) in [4.78, 5) is 36.8. The Morgan fingerprint density at radius 3 is 2.09 bits per heavy atom. The summed E-state index contributed by atoms with van der Waals surface area (Å²) in [5, 5.41) is -0.411. The van der Waals surface area contributed by atoms with Gasteiger partial charge in [-0.15, -0.1) is 0 Å². The van der Waals surface area contributed by atoms with Crippen molar-refractivity contribution in [1.29, 1.82) is 0 Å². The summed E-state index contributed by atoms with van der Waals surface area (Å²) < 4.78 is 27.1. The standard InChI is InChI=1S/C13H12ClF2N3O3/c14-8-6-9(15)7(5-10(8)16)12(21)18-1-3-19(4-2-18)13(22)11(17)20/h5-6H,1-4H2,(H2,17,20). The van der Waals surface area contributed by atoms with E-state index in [0.717, 1.165) is 12.1 Å². The molecule has 1 fully saturated rings. The van der Waals surface area contributed by atoms with Crippen LogP contribution in [0, 0.1) is 11.6 Å². The lowest BCUT2D eigenvalue weighted by atomic mass is 10.1. The van der Waals surface area contributed by atoms with Crippen LogP contribution in [0.5, 0.6) is 0 Å². The summed E-state index contributed by atoms with van der Waals surface area (Å²) in [5.74, 6) is -4.44. The van der Waals surface area contributed by atoms with Gasteiger partial charge in [0.05, 0.1) is 10.6 Å². The zero-order chi connectivity index (χ0) is 16.4. The largest absolute Gasteiger partial charge is 0.361 e. The maximum atomic E-state index is 13.7. The number of hydrogen-bond donors (Lipinski definition) is 1. The van der Waals surface area contributed by atoms with E-state index in [2.05, 4.69) is 0 Å². The monoisotopic (exact) mass is 331 g/mol.